The van der Waals surface area contributed by atoms with Crippen molar-refractivity contribution >= 4 is 17.7 Å². The lowest BCUT2D eigenvalue weighted by molar-refractivity contribution is -0.133. The van der Waals surface area contributed by atoms with Gasteiger partial charge in [0.25, 0.3) is 0 Å². The normalized spacial score (nSPS) is 13.0. The molecule has 0 aliphatic rings. The molecule has 17 heavy (non-hydrogen) atoms. The Kier molecular flexibility index (Phi) is 4.99. The van der Waals surface area contributed by atoms with Crippen molar-refractivity contribution in [2.45, 2.75) is 39.4 Å². The Morgan fingerprint density at radius 2 is 2.06 bits per heavy atom. The molecule has 1 unspecified atom stereocenters. The van der Waals surface area contributed by atoms with Gasteiger partial charge in [0.1, 0.15) is 5.82 Å². The highest BCUT2D eigenvalue weighted by Crippen LogP contribution is 2.20. The fourth-order valence-corrected chi connectivity index (χ4v) is 2.02. The molecule has 0 aliphatic carbocycles. The molecule has 96 valence electrons. The lowest BCUT2D eigenvalue weighted by Crippen LogP contribution is -2.15. The van der Waals surface area contributed by atoms with Crippen molar-refractivity contribution in [3.63, 3.8) is 0 Å². The molecule has 1 rings (SSSR count). The third-order valence-corrected chi connectivity index (χ3v) is 3.79. The van der Waals surface area contributed by atoms with Gasteiger partial charge in [0.2, 0.25) is 0 Å². The molecule has 5 nitrogen and oxygen atoms in total. The predicted molar refractivity (Wildman–Crippen MR) is 67.1 cm³/mol. The van der Waals surface area contributed by atoms with Crippen molar-refractivity contribution in [2.24, 2.45) is 11.8 Å². The van der Waals surface area contributed by atoms with Gasteiger partial charge in [-0.05, 0) is 18.8 Å². The molecule has 0 aliphatic heterocycles. The first-order valence-corrected chi connectivity index (χ1v) is 6.64. The third kappa shape index (κ3) is 4.03. The minimum atomic E-state index is -0.834. The summed E-state index contributed by atoms with van der Waals surface area (Å²) in [7, 11) is 0. The van der Waals surface area contributed by atoms with Crippen LogP contribution in [-0.4, -0.2) is 31.6 Å². The molecule has 1 N–H and O–H groups in total. The van der Waals surface area contributed by atoms with Crippen LogP contribution in [0.5, 0.6) is 0 Å². The largest absolute Gasteiger partial charge is 0.481 e. The van der Waals surface area contributed by atoms with E-state index in [2.05, 4.69) is 31.0 Å². The van der Waals surface area contributed by atoms with Crippen LogP contribution in [0.25, 0.3) is 0 Å². The van der Waals surface area contributed by atoms with Crippen LogP contribution in [0.4, 0.5) is 0 Å². The van der Waals surface area contributed by atoms with Gasteiger partial charge in [-0.3, -0.25) is 4.79 Å². The standard InChI is InChI=1S/C11H19N3O2S/c1-7(2)8(3)5-14-9(4)12-13-11(14)17-6-10(15)16/h7-8H,5-6H2,1-4H3,(H,15,16). The molecule has 0 radical (unpaired) electrons. The average molecular weight is 257 g/mol. The van der Waals surface area contributed by atoms with Gasteiger partial charge in [0, 0.05) is 6.54 Å². The SMILES string of the molecule is Cc1nnc(SCC(=O)O)n1CC(C)C(C)C. The minimum absolute atomic E-state index is 0.0220. The zero-order valence-corrected chi connectivity index (χ0v) is 11.5. The van der Waals surface area contributed by atoms with Crippen LogP contribution in [0.3, 0.4) is 0 Å². The second-order valence-corrected chi connectivity index (χ2v) is 5.49. The first-order valence-electron chi connectivity index (χ1n) is 5.66. The second-order valence-electron chi connectivity index (χ2n) is 4.54. The third-order valence-electron chi connectivity index (χ3n) is 2.84. The second kappa shape index (κ2) is 6.05. The van der Waals surface area contributed by atoms with Crippen LogP contribution in [0.2, 0.25) is 0 Å². The molecule has 1 heterocycles. The zero-order valence-electron chi connectivity index (χ0n) is 10.7. The fraction of sp³-hybridized carbons (Fsp3) is 0.727. The number of hydrogen-bond acceptors (Lipinski definition) is 4. The summed E-state index contributed by atoms with van der Waals surface area (Å²) in [4.78, 5) is 10.5. The van der Waals surface area contributed by atoms with E-state index in [0.29, 0.717) is 17.0 Å². The first-order chi connectivity index (χ1) is 7.91. The number of aliphatic carboxylic acids is 1. The molecule has 0 saturated carbocycles. The number of aryl methyl sites for hydroxylation is 1. The molecule has 1 atom stereocenters. The number of hydrogen-bond donors (Lipinski definition) is 1. The van der Waals surface area contributed by atoms with Gasteiger partial charge in [0.05, 0.1) is 5.75 Å². The van der Waals surface area contributed by atoms with Crippen molar-refractivity contribution < 1.29 is 9.90 Å². The molecule has 0 bridgehead atoms. The number of carboxylic acids is 1. The Morgan fingerprint density at radius 1 is 1.41 bits per heavy atom. The minimum Gasteiger partial charge on any atom is -0.481 e. The smallest absolute Gasteiger partial charge is 0.313 e. The van der Waals surface area contributed by atoms with Crippen LogP contribution in [0.15, 0.2) is 5.16 Å². The lowest BCUT2D eigenvalue weighted by Gasteiger charge is -2.17. The number of nitrogens with zero attached hydrogens (tertiary/aromatic N) is 3. The molecule has 0 amide bonds. The Hall–Kier alpha value is -1.04. The molecular formula is C11H19N3O2S. The van der Waals surface area contributed by atoms with E-state index in [4.69, 9.17) is 5.11 Å². The summed E-state index contributed by atoms with van der Waals surface area (Å²) >= 11 is 1.22. The van der Waals surface area contributed by atoms with Crippen LogP contribution in [0.1, 0.15) is 26.6 Å². The number of thioether (sulfide) groups is 1. The summed E-state index contributed by atoms with van der Waals surface area (Å²) in [5, 5.41) is 17.4. The molecule has 0 aromatic carbocycles. The monoisotopic (exact) mass is 257 g/mol. The summed E-state index contributed by atoms with van der Waals surface area (Å²) in [5.41, 5.74) is 0. The van der Waals surface area contributed by atoms with E-state index in [9.17, 15) is 4.79 Å². The maximum absolute atomic E-state index is 10.5. The van der Waals surface area contributed by atoms with Crippen molar-refractivity contribution in [3.8, 4) is 0 Å². The quantitative estimate of drug-likeness (QED) is 0.790. The van der Waals surface area contributed by atoms with Gasteiger partial charge < -0.3 is 9.67 Å². The Bertz CT molecular complexity index is 390. The van der Waals surface area contributed by atoms with Gasteiger partial charge in [0.15, 0.2) is 5.16 Å². The van der Waals surface area contributed by atoms with Crippen LogP contribution in [0, 0.1) is 18.8 Å². The molecule has 0 saturated heterocycles. The summed E-state index contributed by atoms with van der Waals surface area (Å²) in [5.74, 6) is 1.11. The van der Waals surface area contributed by atoms with Gasteiger partial charge >= 0.3 is 5.97 Å². The van der Waals surface area contributed by atoms with Gasteiger partial charge in [-0.15, -0.1) is 10.2 Å². The van der Waals surface area contributed by atoms with Crippen molar-refractivity contribution in [1.82, 2.24) is 14.8 Å². The summed E-state index contributed by atoms with van der Waals surface area (Å²) < 4.78 is 2.00. The van der Waals surface area contributed by atoms with E-state index in [0.717, 1.165) is 12.4 Å². The van der Waals surface area contributed by atoms with Gasteiger partial charge in [-0.2, -0.15) is 0 Å². The van der Waals surface area contributed by atoms with E-state index in [1.807, 2.05) is 11.5 Å². The molecular weight excluding hydrogens is 238 g/mol. The van der Waals surface area contributed by atoms with Crippen molar-refractivity contribution in [2.75, 3.05) is 5.75 Å². The predicted octanol–water partition coefficient (Wildman–Crippen LogP) is 2.06. The van der Waals surface area contributed by atoms with Crippen LogP contribution in [-0.2, 0) is 11.3 Å². The number of rotatable bonds is 6. The Balaban J connectivity index is 2.75. The van der Waals surface area contributed by atoms with Crippen molar-refractivity contribution in [3.05, 3.63) is 5.82 Å². The fourth-order valence-electron chi connectivity index (χ4n) is 1.30. The van der Waals surface area contributed by atoms with E-state index < -0.39 is 5.97 Å². The lowest BCUT2D eigenvalue weighted by atomic mass is 9.98. The van der Waals surface area contributed by atoms with Gasteiger partial charge in [-0.1, -0.05) is 32.5 Å². The molecule has 1 aromatic rings. The average Bonchev–Trinajstić information content (AvgIpc) is 2.57. The van der Waals surface area contributed by atoms with Crippen molar-refractivity contribution in [1.29, 1.82) is 0 Å². The van der Waals surface area contributed by atoms with E-state index in [-0.39, 0.29) is 5.75 Å². The highest BCUT2D eigenvalue weighted by molar-refractivity contribution is 7.99. The topological polar surface area (TPSA) is 68.0 Å². The molecule has 6 heteroatoms. The van der Waals surface area contributed by atoms with E-state index >= 15 is 0 Å². The number of carboxylic acid groups (broad SMARTS) is 1. The molecule has 0 spiro atoms. The van der Waals surface area contributed by atoms with Gasteiger partial charge in [-0.25, -0.2) is 0 Å². The molecule has 0 fully saturated rings. The van der Waals surface area contributed by atoms with E-state index in [1.54, 1.807) is 0 Å². The number of aromatic nitrogens is 3. The van der Waals surface area contributed by atoms with Crippen LogP contribution >= 0.6 is 11.8 Å². The summed E-state index contributed by atoms with van der Waals surface area (Å²) in [6.07, 6.45) is 0. The van der Waals surface area contributed by atoms with Crippen LogP contribution < -0.4 is 0 Å². The maximum Gasteiger partial charge on any atom is 0.313 e. The Morgan fingerprint density at radius 3 is 2.59 bits per heavy atom. The molecule has 1 aromatic heterocycles. The summed E-state index contributed by atoms with van der Waals surface area (Å²) in [6, 6.07) is 0. The zero-order chi connectivity index (χ0) is 13.0. The highest BCUT2D eigenvalue weighted by atomic mass is 32.2. The number of carbonyl (C=O) groups is 1. The highest BCUT2D eigenvalue weighted by Gasteiger charge is 2.15. The Labute approximate surface area is 106 Å². The first kappa shape index (κ1) is 14.0. The maximum atomic E-state index is 10.5. The van der Waals surface area contributed by atoms with E-state index in [1.165, 1.54) is 11.8 Å². The summed E-state index contributed by atoms with van der Waals surface area (Å²) in [6.45, 7) is 9.25.